The molecule has 0 bridgehead atoms. The van der Waals surface area contributed by atoms with Crippen LogP contribution in [0.2, 0.25) is 0 Å². The average molecular weight is 129 g/mol. The monoisotopic (exact) mass is 129 g/mol. The lowest BCUT2D eigenvalue weighted by Gasteiger charge is -1.88. The summed E-state index contributed by atoms with van der Waals surface area (Å²) in [5, 5.41) is 17.0. The topological polar surface area (TPSA) is 47.6 Å². The second-order valence-corrected chi connectivity index (χ2v) is 1.68. The summed E-state index contributed by atoms with van der Waals surface area (Å²) >= 11 is 0. The van der Waals surface area contributed by atoms with Gasteiger partial charge in [-0.15, -0.1) is 0 Å². The Bertz CT molecular complexity index is 357. The minimum atomic E-state index is 0.103. The molecule has 0 aliphatic heterocycles. The number of benzene rings is 1. The zero-order chi connectivity index (χ0) is 8.27. The van der Waals surface area contributed by atoms with Gasteiger partial charge in [-0.3, -0.25) is 0 Å². The first kappa shape index (κ1) is 5.02. The van der Waals surface area contributed by atoms with Crippen molar-refractivity contribution < 1.29 is 1.37 Å². The summed E-state index contributed by atoms with van der Waals surface area (Å²) in [4.78, 5) is 0. The molecule has 1 aromatic carbocycles. The van der Waals surface area contributed by atoms with Crippen molar-refractivity contribution in [2.75, 3.05) is 0 Å². The number of rotatable bonds is 0. The standard InChI is InChI=1S/C8H4N2/c9-5-7-3-1-2-4-8(7)6-10/h1-4H/i3D. The molecule has 0 radical (unpaired) electrons. The summed E-state index contributed by atoms with van der Waals surface area (Å²) in [6.07, 6.45) is 0. The van der Waals surface area contributed by atoms with Crippen LogP contribution in [0.25, 0.3) is 0 Å². The van der Waals surface area contributed by atoms with Crippen LogP contribution in [-0.4, -0.2) is 0 Å². The predicted molar refractivity (Wildman–Crippen MR) is 35.9 cm³/mol. The van der Waals surface area contributed by atoms with E-state index in [1.54, 1.807) is 12.1 Å². The van der Waals surface area contributed by atoms with Gasteiger partial charge in [0, 0.05) is 0 Å². The third-order valence-electron chi connectivity index (χ3n) is 1.09. The predicted octanol–water partition coefficient (Wildman–Crippen LogP) is 1.43. The molecule has 1 rings (SSSR count). The SMILES string of the molecule is [2H]c1cccc(C#N)c1C#N. The van der Waals surface area contributed by atoms with Crippen LogP contribution in [0.15, 0.2) is 24.2 Å². The van der Waals surface area contributed by atoms with Gasteiger partial charge in [0.05, 0.1) is 12.5 Å². The Kier molecular flexibility index (Phi) is 1.34. The van der Waals surface area contributed by atoms with Crippen LogP contribution in [0.4, 0.5) is 0 Å². The van der Waals surface area contributed by atoms with Gasteiger partial charge in [0.1, 0.15) is 12.1 Å². The van der Waals surface area contributed by atoms with E-state index in [1.807, 2.05) is 6.07 Å². The molecule has 0 N–H and O–H groups in total. The van der Waals surface area contributed by atoms with Crippen molar-refractivity contribution in [3.8, 4) is 12.1 Å². The molecule has 0 unspecified atom stereocenters. The lowest BCUT2D eigenvalue weighted by atomic mass is 10.1. The Morgan fingerprint density at radius 1 is 1.20 bits per heavy atom. The van der Waals surface area contributed by atoms with E-state index in [1.165, 1.54) is 12.1 Å². The maximum absolute atomic E-state index is 8.51. The minimum absolute atomic E-state index is 0.103. The summed E-state index contributed by atoms with van der Waals surface area (Å²) in [5.41, 5.74) is 0.412. The van der Waals surface area contributed by atoms with Crippen molar-refractivity contribution in [3.63, 3.8) is 0 Å². The normalized spacial score (nSPS) is 9.20. The molecule has 1 aromatic rings. The van der Waals surface area contributed by atoms with Crippen LogP contribution in [0.5, 0.6) is 0 Å². The Morgan fingerprint density at radius 3 is 2.40 bits per heavy atom. The zero-order valence-corrected chi connectivity index (χ0v) is 5.13. The lowest BCUT2D eigenvalue weighted by molar-refractivity contribution is 1.43. The molecule has 0 saturated carbocycles. The average Bonchev–Trinajstić information content (AvgIpc) is 2.04. The molecular weight excluding hydrogens is 124 g/mol. The van der Waals surface area contributed by atoms with E-state index >= 15 is 0 Å². The molecule has 0 fully saturated rings. The van der Waals surface area contributed by atoms with E-state index in [9.17, 15) is 0 Å². The first-order chi connectivity index (χ1) is 5.29. The first-order valence-electron chi connectivity index (χ1n) is 3.19. The van der Waals surface area contributed by atoms with Crippen molar-refractivity contribution in [2.45, 2.75) is 0 Å². The fourth-order valence-corrected chi connectivity index (χ4v) is 0.623. The van der Waals surface area contributed by atoms with E-state index in [-0.39, 0.29) is 17.2 Å². The molecule has 0 aliphatic rings. The third kappa shape index (κ3) is 0.962. The van der Waals surface area contributed by atoms with E-state index in [0.29, 0.717) is 0 Å². The largest absolute Gasteiger partial charge is 0.192 e. The van der Waals surface area contributed by atoms with Gasteiger partial charge in [-0.25, -0.2) is 0 Å². The van der Waals surface area contributed by atoms with Crippen LogP contribution in [0.3, 0.4) is 0 Å². The first-order valence-corrected chi connectivity index (χ1v) is 2.69. The molecule has 0 saturated heterocycles. The van der Waals surface area contributed by atoms with Gasteiger partial charge in [-0.05, 0) is 12.1 Å². The van der Waals surface area contributed by atoms with Gasteiger partial charge in [-0.1, -0.05) is 12.1 Å². The highest BCUT2D eigenvalue weighted by Gasteiger charge is 1.95. The molecule has 0 aliphatic carbocycles. The van der Waals surface area contributed by atoms with Gasteiger partial charge in [0.15, 0.2) is 0 Å². The van der Waals surface area contributed by atoms with Crippen molar-refractivity contribution in [1.82, 2.24) is 0 Å². The van der Waals surface area contributed by atoms with Gasteiger partial charge in [-0.2, -0.15) is 10.5 Å². The summed E-state index contributed by atoms with van der Waals surface area (Å²) in [7, 11) is 0. The number of hydrogen-bond acceptors (Lipinski definition) is 2. The zero-order valence-electron chi connectivity index (χ0n) is 6.13. The molecule has 2 nitrogen and oxygen atoms in total. The Hall–Kier alpha value is -1.80. The van der Waals surface area contributed by atoms with Crippen LogP contribution >= 0.6 is 0 Å². The van der Waals surface area contributed by atoms with E-state index in [4.69, 9.17) is 11.9 Å². The Morgan fingerprint density at radius 2 is 1.90 bits per heavy atom. The van der Waals surface area contributed by atoms with E-state index in [0.717, 1.165) is 0 Å². The summed E-state index contributed by atoms with van der Waals surface area (Å²) in [6, 6.07) is 8.35. The van der Waals surface area contributed by atoms with Gasteiger partial charge in [0.2, 0.25) is 0 Å². The Balaban J connectivity index is 3.42. The molecular formula is C8H4N2. The molecule has 46 valence electrons. The lowest BCUT2D eigenvalue weighted by Crippen LogP contribution is -1.79. The van der Waals surface area contributed by atoms with Crippen LogP contribution in [0, 0.1) is 22.7 Å². The molecule has 0 spiro atoms. The van der Waals surface area contributed by atoms with E-state index < -0.39 is 0 Å². The second-order valence-electron chi connectivity index (χ2n) is 1.68. The highest BCUT2D eigenvalue weighted by molar-refractivity contribution is 5.44. The molecule has 0 aromatic heterocycles. The van der Waals surface area contributed by atoms with Crippen LogP contribution < -0.4 is 0 Å². The maximum Gasteiger partial charge on any atom is 0.101 e. The maximum atomic E-state index is 8.51. The summed E-state index contributed by atoms with van der Waals surface area (Å²) in [6.45, 7) is 0. The summed E-state index contributed by atoms with van der Waals surface area (Å²) in [5.74, 6) is 0. The molecule has 2 heteroatoms. The number of hydrogen-bond donors (Lipinski definition) is 0. The van der Waals surface area contributed by atoms with Crippen LogP contribution in [0.1, 0.15) is 12.5 Å². The third-order valence-corrected chi connectivity index (χ3v) is 1.09. The quantitative estimate of drug-likeness (QED) is 0.532. The summed E-state index contributed by atoms with van der Waals surface area (Å²) < 4.78 is 7.24. The fourth-order valence-electron chi connectivity index (χ4n) is 0.623. The van der Waals surface area contributed by atoms with Crippen molar-refractivity contribution >= 4 is 0 Å². The minimum Gasteiger partial charge on any atom is -0.192 e. The highest BCUT2D eigenvalue weighted by Crippen LogP contribution is 2.03. The molecule has 0 amide bonds. The van der Waals surface area contributed by atoms with Gasteiger partial charge >= 0.3 is 0 Å². The molecule has 0 atom stereocenters. The van der Waals surface area contributed by atoms with Gasteiger partial charge < -0.3 is 0 Å². The van der Waals surface area contributed by atoms with Crippen molar-refractivity contribution in [1.29, 1.82) is 10.5 Å². The number of nitriles is 2. The molecule has 0 heterocycles. The van der Waals surface area contributed by atoms with Gasteiger partial charge in [0.25, 0.3) is 0 Å². The Labute approximate surface area is 60.4 Å². The fraction of sp³-hybridized carbons (Fsp3) is 0. The van der Waals surface area contributed by atoms with Crippen LogP contribution in [-0.2, 0) is 0 Å². The van der Waals surface area contributed by atoms with Crippen molar-refractivity contribution in [2.24, 2.45) is 0 Å². The van der Waals surface area contributed by atoms with E-state index in [2.05, 4.69) is 0 Å². The highest BCUT2D eigenvalue weighted by atomic mass is 14.3. The smallest absolute Gasteiger partial charge is 0.101 e. The number of nitrogens with zero attached hydrogens (tertiary/aromatic N) is 2. The molecule has 10 heavy (non-hydrogen) atoms. The van der Waals surface area contributed by atoms with Crippen molar-refractivity contribution in [3.05, 3.63) is 35.4 Å². The second kappa shape index (κ2) is 2.66.